The van der Waals surface area contributed by atoms with Gasteiger partial charge in [-0.2, -0.15) is 5.10 Å². The first-order valence-electron chi connectivity index (χ1n) is 7.73. The van der Waals surface area contributed by atoms with Crippen LogP contribution in [0.1, 0.15) is 12.8 Å². The van der Waals surface area contributed by atoms with Crippen LogP contribution in [-0.2, 0) is 6.54 Å². The van der Waals surface area contributed by atoms with E-state index in [0.29, 0.717) is 0 Å². The van der Waals surface area contributed by atoms with Gasteiger partial charge in [0.2, 0.25) is 5.95 Å². The first-order valence-corrected chi connectivity index (χ1v) is 7.73. The lowest BCUT2D eigenvalue weighted by Crippen LogP contribution is -2.47. The van der Waals surface area contributed by atoms with E-state index in [9.17, 15) is 4.39 Å². The van der Waals surface area contributed by atoms with Gasteiger partial charge in [-0.15, -0.1) is 0 Å². The molecule has 0 amide bonds. The van der Waals surface area contributed by atoms with Crippen molar-refractivity contribution < 1.29 is 4.39 Å². The molecule has 0 spiro atoms. The summed E-state index contributed by atoms with van der Waals surface area (Å²) in [5, 5.41) is 3.95. The van der Waals surface area contributed by atoms with Gasteiger partial charge >= 0.3 is 0 Å². The maximum absolute atomic E-state index is 12.8. The van der Waals surface area contributed by atoms with Gasteiger partial charge in [-0.3, -0.25) is 9.58 Å². The van der Waals surface area contributed by atoms with Crippen molar-refractivity contribution in [2.75, 3.05) is 37.6 Å². The summed E-state index contributed by atoms with van der Waals surface area (Å²) in [6.07, 6.45) is 8.38. The zero-order valence-corrected chi connectivity index (χ0v) is 12.6. The number of hydrogen-bond donors (Lipinski definition) is 0. The van der Waals surface area contributed by atoms with Crippen LogP contribution < -0.4 is 4.90 Å². The number of unbranched alkanes of at least 4 members (excludes halogenated alkanes) is 1. The molecule has 6 nitrogen and oxygen atoms in total. The summed E-state index contributed by atoms with van der Waals surface area (Å²) in [5.41, 5.74) is 0. The zero-order valence-electron chi connectivity index (χ0n) is 12.6. The highest BCUT2D eigenvalue weighted by atomic mass is 19.1. The van der Waals surface area contributed by atoms with Gasteiger partial charge in [0.1, 0.15) is 0 Å². The number of rotatable bonds is 6. The molecule has 22 heavy (non-hydrogen) atoms. The molecule has 1 aliphatic rings. The smallest absolute Gasteiger partial charge is 0.225 e. The molecule has 3 heterocycles. The van der Waals surface area contributed by atoms with Crippen LogP contribution >= 0.6 is 0 Å². The fourth-order valence-electron chi connectivity index (χ4n) is 2.70. The quantitative estimate of drug-likeness (QED) is 0.755. The third-order valence-corrected chi connectivity index (χ3v) is 3.92. The third-order valence-electron chi connectivity index (χ3n) is 3.92. The van der Waals surface area contributed by atoms with Crippen LogP contribution in [0.5, 0.6) is 0 Å². The average molecular weight is 304 g/mol. The molecule has 0 atom stereocenters. The van der Waals surface area contributed by atoms with Gasteiger partial charge in [0.25, 0.3) is 0 Å². The predicted octanol–water partition coefficient (Wildman–Crippen LogP) is 1.41. The van der Waals surface area contributed by atoms with E-state index in [1.165, 1.54) is 12.4 Å². The molecule has 3 rings (SSSR count). The number of nitrogens with zero attached hydrogens (tertiary/aromatic N) is 6. The molecule has 0 aliphatic carbocycles. The van der Waals surface area contributed by atoms with Gasteiger partial charge < -0.3 is 4.90 Å². The van der Waals surface area contributed by atoms with E-state index < -0.39 is 0 Å². The SMILES string of the molecule is Fc1cnn(CCCCN2CCN(c3ncccn3)CC2)c1. The Morgan fingerprint density at radius 2 is 1.73 bits per heavy atom. The van der Waals surface area contributed by atoms with Gasteiger partial charge in [0.05, 0.1) is 12.4 Å². The molecule has 0 bridgehead atoms. The number of piperazine rings is 1. The zero-order chi connectivity index (χ0) is 15.2. The van der Waals surface area contributed by atoms with Gasteiger partial charge in [-0.25, -0.2) is 14.4 Å². The van der Waals surface area contributed by atoms with E-state index in [-0.39, 0.29) is 5.82 Å². The maximum atomic E-state index is 12.8. The van der Waals surface area contributed by atoms with Gasteiger partial charge in [-0.05, 0) is 25.5 Å². The lowest BCUT2D eigenvalue weighted by molar-refractivity contribution is 0.249. The van der Waals surface area contributed by atoms with Crippen LogP contribution in [0.2, 0.25) is 0 Å². The Kier molecular flexibility index (Phi) is 4.95. The number of anilines is 1. The monoisotopic (exact) mass is 304 g/mol. The molecule has 1 aliphatic heterocycles. The molecular weight excluding hydrogens is 283 g/mol. The van der Waals surface area contributed by atoms with Crippen molar-refractivity contribution in [2.45, 2.75) is 19.4 Å². The molecule has 0 unspecified atom stereocenters. The van der Waals surface area contributed by atoms with E-state index in [0.717, 1.165) is 58.1 Å². The molecule has 0 radical (unpaired) electrons. The highest BCUT2D eigenvalue weighted by Crippen LogP contribution is 2.10. The molecule has 0 aromatic carbocycles. The first-order chi connectivity index (χ1) is 10.8. The summed E-state index contributed by atoms with van der Waals surface area (Å²) in [7, 11) is 0. The van der Waals surface area contributed by atoms with E-state index in [4.69, 9.17) is 0 Å². The molecule has 2 aromatic heterocycles. The van der Waals surface area contributed by atoms with Crippen LogP contribution in [0.3, 0.4) is 0 Å². The summed E-state index contributed by atoms with van der Waals surface area (Å²) in [4.78, 5) is 13.3. The van der Waals surface area contributed by atoms with Crippen molar-refractivity contribution in [1.82, 2.24) is 24.6 Å². The van der Waals surface area contributed by atoms with Crippen molar-refractivity contribution in [3.05, 3.63) is 36.7 Å². The highest BCUT2D eigenvalue weighted by Gasteiger charge is 2.17. The summed E-state index contributed by atoms with van der Waals surface area (Å²) < 4.78 is 14.5. The molecule has 2 aromatic rings. The number of aryl methyl sites for hydroxylation is 1. The molecule has 0 N–H and O–H groups in total. The molecule has 118 valence electrons. The Morgan fingerprint density at radius 1 is 1.00 bits per heavy atom. The normalized spacial score (nSPS) is 16.1. The number of aromatic nitrogens is 4. The van der Waals surface area contributed by atoms with Crippen molar-refractivity contribution in [3.63, 3.8) is 0 Å². The van der Waals surface area contributed by atoms with Gasteiger partial charge in [0, 0.05) is 45.1 Å². The minimum atomic E-state index is -0.265. The molecule has 7 heteroatoms. The standard InChI is InChI=1S/C15H21FN6/c16-14-12-19-22(13-14)7-2-1-6-20-8-10-21(11-9-20)15-17-4-3-5-18-15/h3-5,12-13H,1-2,6-11H2. The van der Waals surface area contributed by atoms with Crippen molar-refractivity contribution >= 4 is 5.95 Å². The Balaban J connectivity index is 1.34. The fraction of sp³-hybridized carbons (Fsp3) is 0.533. The second kappa shape index (κ2) is 7.31. The molecule has 1 fully saturated rings. The van der Waals surface area contributed by atoms with Crippen LogP contribution in [0, 0.1) is 5.82 Å². The maximum Gasteiger partial charge on any atom is 0.225 e. The summed E-state index contributed by atoms with van der Waals surface area (Å²) in [6.45, 7) is 5.86. The Labute approximate surface area is 129 Å². The summed E-state index contributed by atoms with van der Waals surface area (Å²) in [6, 6.07) is 1.84. The Bertz CT molecular complexity index is 564. The minimum absolute atomic E-state index is 0.265. The first kappa shape index (κ1) is 14.9. The second-order valence-electron chi connectivity index (χ2n) is 5.51. The lowest BCUT2D eigenvalue weighted by atomic mass is 10.2. The van der Waals surface area contributed by atoms with Crippen LogP contribution in [-0.4, -0.2) is 57.4 Å². The van der Waals surface area contributed by atoms with Crippen molar-refractivity contribution in [3.8, 4) is 0 Å². The number of halogens is 1. The van der Waals surface area contributed by atoms with E-state index in [2.05, 4.69) is 24.9 Å². The lowest BCUT2D eigenvalue weighted by Gasteiger charge is -2.34. The fourth-order valence-corrected chi connectivity index (χ4v) is 2.70. The summed E-state index contributed by atoms with van der Waals surface area (Å²) in [5.74, 6) is 0.558. The third kappa shape index (κ3) is 4.00. The van der Waals surface area contributed by atoms with Crippen molar-refractivity contribution in [1.29, 1.82) is 0 Å². The van der Waals surface area contributed by atoms with Crippen molar-refractivity contribution in [2.24, 2.45) is 0 Å². The minimum Gasteiger partial charge on any atom is -0.338 e. The van der Waals surface area contributed by atoms with E-state index in [1.807, 2.05) is 6.07 Å². The van der Waals surface area contributed by atoms with Crippen LogP contribution in [0.15, 0.2) is 30.9 Å². The average Bonchev–Trinajstić information content (AvgIpc) is 2.98. The predicted molar refractivity (Wildman–Crippen MR) is 82.1 cm³/mol. The van der Waals surface area contributed by atoms with Gasteiger partial charge in [0.15, 0.2) is 5.82 Å². The largest absolute Gasteiger partial charge is 0.338 e. The summed E-state index contributed by atoms with van der Waals surface area (Å²) >= 11 is 0. The molecular formula is C15H21FN6. The highest BCUT2D eigenvalue weighted by molar-refractivity contribution is 5.29. The topological polar surface area (TPSA) is 50.1 Å². The van der Waals surface area contributed by atoms with E-state index in [1.54, 1.807) is 17.1 Å². The number of hydrogen-bond acceptors (Lipinski definition) is 5. The second-order valence-corrected chi connectivity index (χ2v) is 5.51. The van der Waals surface area contributed by atoms with Crippen LogP contribution in [0.4, 0.5) is 10.3 Å². The Morgan fingerprint density at radius 3 is 2.41 bits per heavy atom. The molecule has 0 saturated carbocycles. The van der Waals surface area contributed by atoms with E-state index >= 15 is 0 Å². The van der Waals surface area contributed by atoms with Gasteiger partial charge in [-0.1, -0.05) is 0 Å². The molecule has 1 saturated heterocycles. The van der Waals surface area contributed by atoms with Crippen LogP contribution in [0.25, 0.3) is 0 Å². The Hall–Kier alpha value is -2.02.